The number of nitrogens with zero attached hydrogens (tertiary/aromatic N) is 1. The number of hydrogen-bond acceptors (Lipinski definition) is 4. The largest absolute Gasteiger partial charge is 0.573 e. The highest BCUT2D eigenvalue weighted by Crippen LogP contribution is 2.29. The van der Waals surface area contributed by atoms with Gasteiger partial charge in [0.15, 0.2) is 5.76 Å². The molecule has 0 aliphatic heterocycles. The third kappa shape index (κ3) is 4.89. The molecule has 3 aromatic rings. The van der Waals surface area contributed by atoms with E-state index in [0.717, 1.165) is 18.2 Å². The zero-order valence-electron chi connectivity index (χ0n) is 14.8. The predicted octanol–water partition coefficient (Wildman–Crippen LogP) is 4.76. The van der Waals surface area contributed by atoms with Gasteiger partial charge in [0.2, 0.25) is 0 Å². The maximum atomic E-state index is 13.7. The molecule has 0 unspecified atom stereocenters. The van der Waals surface area contributed by atoms with Gasteiger partial charge in [-0.3, -0.25) is 4.79 Å². The maximum Gasteiger partial charge on any atom is 0.573 e. The summed E-state index contributed by atoms with van der Waals surface area (Å²) >= 11 is 0. The number of ether oxygens (including phenoxy) is 1. The van der Waals surface area contributed by atoms with Gasteiger partial charge in [-0.25, -0.2) is 8.78 Å². The van der Waals surface area contributed by atoms with Crippen LogP contribution in [0.4, 0.5) is 22.0 Å². The molecule has 0 radical (unpaired) electrons. The Kier molecular flexibility index (Phi) is 5.53. The molecule has 0 bridgehead atoms. The smallest absolute Gasteiger partial charge is 0.406 e. The van der Waals surface area contributed by atoms with Crippen molar-refractivity contribution in [1.82, 2.24) is 10.5 Å². The summed E-state index contributed by atoms with van der Waals surface area (Å²) in [5, 5.41) is 6.19. The summed E-state index contributed by atoms with van der Waals surface area (Å²) in [6.45, 7) is 1.29. The van der Waals surface area contributed by atoms with Crippen LogP contribution >= 0.6 is 0 Å². The number of benzene rings is 2. The summed E-state index contributed by atoms with van der Waals surface area (Å²) in [4.78, 5) is 12.5. The first-order valence-electron chi connectivity index (χ1n) is 8.18. The molecule has 5 nitrogen and oxygen atoms in total. The molecule has 1 aromatic heterocycles. The van der Waals surface area contributed by atoms with Gasteiger partial charge in [-0.05, 0) is 37.3 Å². The average molecular weight is 412 g/mol. The SMILES string of the molecule is Cc1noc(-c2ccc(OC(F)(F)F)cc2)c1C(=O)NCc1ccc(F)cc1F. The van der Waals surface area contributed by atoms with Gasteiger partial charge in [-0.15, -0.1) is 13.2 Å². The van der Waals surface area contributed by atoms with E-state index in [4.69, 9.17) is 4.52 Å². The molecule has 0 aliphatic rings. The number of nitrogens with one attached hydrogen (secondary N) is 1. The van der Waals surface area contributed by atoms with Crippen molar-refractivity contribution in [3.05, 3.63) is 70.9 Å². The zero-order chi connectivity index (χ0) is 21.2. The van der Waals surface area contributed by atoms with E-state index in [0.29, 0.717) is 11.6 Å². The Morgan fingerprint density at radius 1 is 1.14 bits per heavy atom. The van der Waals surface area contributed by atoms with E-state index in [1.54, 1.807) is 0 Å². The quantitative estimate of drug-likeness (QED) is 0.614. The van der Waals surface area contributed by atoms with E-state index >= 15 is 0 Å². The van der Waals surface area contributed by atoms with E-state index in [2.05, 4.69) is 15.2 Å². The van der Waals surface area contributed by atoms with Gasteiger partial charge in [-0.1, -0.05) is 11.2 Å². The van der Waals surface area contributed by atoms with E-state index in [1.165, 1.54) is 25.1 Å². The van der Waals surface area contributed by atoms with Crippen LogP contribution in [0.1, 0.15) is 21.6 Å². The van der Waals surface area contributed by atoms with Crippen molar-refractivity contribution in [1.29, 1.82) is 0 Å². The van der Waals surface area contributed by atoms with Crippen LogP contribution in [-0.4, -0.2) is 17.4 Å². The molecular formula is C19H13F5N2O3. The molecule has 1 N–H and O–H groups in total. The molecule has 1 amide bonds. The Labute approximate surface area is 161 Å². The molecule has 0 spiro atoms. The van der Waals surface area contributed by atoms with Crippen LogP contribution in [0.2, 0.25) is 0 Å². The van der Waals surface area contributed by atoms with Gasteiger partial charge in [0.05, 0.1) is 5.69 Å². The maximum absolute atomic E-state index is 13.7. The lowest BCUT2D eigenvalue weighted by Crippen LogP contribution is -2.24. The van der Waals surface area contributed by atoms with Crippen LogP contribution < -0.4 is 10.1 Å². The summed E-state index contributed by atoms with van der Waals surface area (Å²) in [6.07, 6.45) is -4.83. The van der Waals surface area contributed by atoms with Gasteiger partial charge in [0, 0.05) is 23.7 Å². The number of aryl methyl sites for hydroxylation is 1. The van der Waals surface area contributed by atoms with E-state index in [9.17, 15) is 26.7 Å². The number of aromatic nitrogens is 1. The van der Waals surface area contributed by atoms with Crippen molar-refractivity contribution in [2.24, 2.45) is 0 Å². The number of rotatable bonds is 5. The van der Waals surface area contributed by atoms with Gasteiger partial charge in [0.1, 0.15) is 22.9 Å². The van der Waals surface area contributed by atoms with E-state index < -0.39 is 29.7 Å². The Morgan fingerprint density at radius 3 is 2.45 bits per heavy atom. The normalized spacial score (nSPS) is 11.4. The van der Waals surface area contributed by atoms with Crippen molar-refractivity contribution < 1.29 is 36.0 Å². The second-order valence-electron chi connectivity index (χ2n) is 5.96. The van der Waals surface area contributed by atoms with Gasteiger partial charge < -0.3 is 14.6 Å². The molecule has 0 fully saturated rings. The minimum atomic E-state index is -4.83. The fourth-order valence-corrected chi connectivity index (χ4v) is 2.57. The summed E-state index contributed by atoms with van der Waals surface area (Å²) in [5.41, 5.74) is 0.631. The lowest BCUT2D eigenvalue weighted by atomic mass is 10.1. The van der Waals surface area contributed by atoms with Crippen molar-refractivity contribution in [2.75, 3.05) is 0 Å². The van der Waals surface area contributed by atoms with Crippen molar-refractivity contribution in [2.45, 2.75) is 19.8 Å². The fraction of sp³-hybridized carbons (Fsp3) is 0.158. The molecule has 0 saturated carbocycles. The topological polar surface area (TPSA) is 64.4 Å². The first-order valence-corrected chi connectivity index (χ1v) is 8.18. The highest BCUT2D eigenvalue weighted by molar-refractivity contribution is 6.00. The third-order valence-electron chi connectivity index (χ3n) is 3.89. The van der Waals surface area contributed by atoms with E-state index in [1.807, 2.05) is 0 Å². The molecular weight excluding hydrogens is 399 g/mol. The van der Waals surface area contributed by atoms with Crippen LogP contribution in [0.15, 0.2) is 47.0 Å². The molecule has 3 rings (SSSR count). The van der Waals surface area contributed by atoms with Crippen LogP contribution in [0.5, 0.6) is 5.75 Å². The number of halogens is 5. The Morgan fingerprint density at radius 2 is 1.83 bits per heavy atom. The molecule has 152 valence electrons. The van der Waals surface area contributed by atoms with E-state index in [-0.39, 0.29) is 29.1 Å². The van der Waals surface area contributed by atoms with Gasteiger partial charge in [-0.2, -0.15) is 0 Å². The number of carbonyl (C=O) groups is 1. The monoisotopic (exact) mass is 412 g/mol. The first kappa shape index (κ1) is 20.3. The minimum absolute atomic E-state index is 0.0261. The van der Waals surface area contributed by atoms with Crippen molar-refractivity contribution in [3.63, 3.8) is 0 Å². The molecule has 0 aliphatic carbocycles. The second kappa shape index (κ2) is 7.90. The third-order valence-corrected chi connectivity index (χ3v) is 3.89. The summed E-state index contributed by atoms with van der Waals surface area (Å²) in [7, 11) is 0. The average Bonchev–Trinajstić information content (AvgIpc) is 3.01. The zero-order valence-corrected chi connectivity index (χ0v) is 14.8. The number of amides is 1. The summed E-state index contributed by atoms with van der Waals surface area (Å²) in [5.74, 6) is -2.60. The van der Waals surface area contributed by atoms with Crippen LogP contribution in [0, 0.1) is 18.6 Å². The Bertz CT molecular complexity index is 1030. The van der Waals surface area contributed by atoms with Gasteiger partial charge in [0.25, 0.3) is 5.91 Å². The van der Waals surface area contributed by atoms with Gasteiger partial charge >= 0.3 is 6.36 Å². The molecule has 2 aromatic carbocycles. The van der Waals surface area contributed by atoms with Crippen LogP contribution in [0.3, 0.4) is 0 Å². The fourth-order valence-electron chi connectivity index (χ4n) is 2.57. The number of carbonyl (C=O) groups excluding carboxylic acids is 1. The summed E-state index contributed by atoms with van der Waals surface area (Å²) in [6, 6.07) is 7.64. The Balaban J connectivity index is 1.79. The molecule has 29 heavy (non-hydrogen) atoms. The second-order valence-corrected chi connectivity index (χ2v) is 5.96. The first-order chi connectivity index (χ1) is 13.6. The standard InChI is InChI=1S/C19H13F5N2O3/c1-10-16(18(27)25-9-12-2-5-13(20)8-15(12)21)17(29-26-10)11-3-6-14(7-4-11)28-19(22,23)24/h2-8H,9H2,1H3,(H,25,27). The molecule has 0 atom stereocenters. The van der Waals surface area contributed by atoms with Crippen LogP contribution in [-0.2, 0) is 6.54 Å². The Hall–Kier alpha value is -3.43. The number of alkyl halides is 3. The van der Waals surface area contributed by atoms with Crippen LogP contribution in [0.25, 0.3) is 11.3 Å². The lowest BCUT2D eigenvalue weighted by molar-refractivity contribution is -0.274. The highest BCUT2D eigenvalue weighted by atomic mass is 19.4. The lowest BCUT2D eigenvalue weighted by Gasteiger charge is -2.09. The molecule has 1 heterocycles. The molecule has 10 heteroatoms. The minimum Gasteiger partial charge on any atom is -0.406 e. The predicted molar refractivity (Wildman–Crippen MR) is 90.9 cm³/mol. The molecule has 0 saturated heterocycles. The number of hydrogen-bond donors (Lipinski definition) is 1. The highest BCUT2D eigenvalue weighted by Gasteiger charge is 2.31. The van der Waals surface area contributed by atoms with Crippen molar-refractivity contribution >= 4 is 5.91 Å². The summed E-state index contributed by atoms with van der Waals surface area (Å²) < 4.78 is 72.4. The van der Waals surface area contributed by atoms with Crippen molar-refractivity contribution in [3.8, 4) is 17.1 Å².